The second kappa shape index (κ2) is 9.13. The van der Waals surface area contributed by atoms with Gasteiger partial charge >= 0.3 is 0 Å². The molecule has 1 aliphatic heterocycles. The molecule has 8 heteroatoms. The van der Waals surface area contributed by atoms with Crippen LogP contribution in [-0.2, 0) is 22.6 Å². The third kappa shape index (κ3) is 4.88. The van der Waals surface area contributed by atoms with Gasteiger partial charge in [0.1, 0.15) is 17.4 Å². The van der Waals surface area contributed by atoms with Gasteiger partial charge in [-0.05, 0) is 24.3 Å². The van der Waals surface area contributed by atoms with Crippen LogP contribution in [0.15, 0.2) is 42.6 Å². The van der Waals surface area contributed by atoms with E-state index in [-0.39, 0.29) is 42.7 Å². The van der Waals surface area contributed by atoms with Crippen LogP contribution in [0.5, 0.6) is 0 Å². The van der Waals surface area contributed by atoms with Crippen molar-refractivity contribution in [1.29, 1.82) is 0 Å². The van der Waals surface area contributed by atoms with Crippen molar-refractivity contribution >= 4 is 22.7 Å². The van der Waals surface area contributed by atoms with Gasteiger partial charge in [-0.15, -0.1) is 0 Å². The summed E-state index contributed by atoms with van der Waals surface area (Å²) >= 11 is 0. The minimum atomic E-state index is -0.453. The molecule has 0 radical (unpaired) electrons. The maximum atomic E-state index is 13.5. The lowest BCUT2D eigenvalue weighted by Gasteiger charge is -2.38. The monoisotopic (exact) mass is 409 g/mol. The van der Waals surface area contributed by atoms with Crippen LogP contribution in [0.1, 0.15) is 24.4 Å². The smallest absolute Gasteiger partial charge is 0.220 e. The van der Waals surface area contributed by atoms with Crippen molar-refractivity contribution in [3.8, 4) is 0 Å². The molecule has 1 saturated heterocycles. The summed E-state index contributed by atoms with van der Waals surface area (Å²) in [7, 11) is 0. The molecule has 2 N–H and O–H groups in total. The Morgan fingerprint density at radius 2 is 2.00 bits per heavy atom. The molecule has 2 aromatic heterocycles. The second-order valence-electron chi connectivity index (χ2n) is 7.58. The van der Waals surface area contributed by atoms with Crippen LogP contribution in [0, 0.1) is 11.7 Å². The van der Waals surface area contributed by atoms with Gasteiger partial charge in [-0.2, -0.15) is 0 Å². The molecule has 0 unspecified atom stereocenters. The lowest BCUT2D eigenvalue weighted by molar-refractivity contribution is -0.131. The molecule has 30 heavy (non-hydrogen) atoms. The predicted octanol–water partition coefficient (Wildman–Crippen LogP) is 2.24. The Hall–Kier alpha value is -3.13. The number of imidazole rings is 1. The van der Waals surface area contributed by atoms with Crippen LogP contribution in [0.2, 0.25) is 0 Å². The average molecular weight is 409 g/mol. The number of likely N-dealkylation sites (tertiary alicyclic amines) is 1. The number of hydrogen-bond donors (Lipinski definition) is 2. The number of H-pyrrole nitrogens is 1. The maximum Gasteiger partial charge on any atom is 0.220 e. The third-order valence-corrected chi connectivity index (χ3v) is 5.40. The van der Waals surface area contributed by atoms with Crippen molar-refractivity contribution in [2.45, 2.75) is 25.8 Å². The maximum absolute atomic E-state index is 13.5. The number of fused-ring (bicyclic) bond motifs is 1. The lowest BCUT2D eigenvalue weighted by atomic mass is 9.92. The number of aromatic amines is 1. The number of nitrogens with one attached hydrogen (secondary N) is 2. The van der Waals surface area contributed by atoms with E-state index in [9.17, 15) is 14.0 Å². The highest BCUT2D eigenvalue weighted by molar-refractivity contribution is 5.87. The zero-order chi connectivity index (χ0) is 20.9. The number of hydrogen-bond acceptors (Lipinski definition) is 5. The van der Waals surface area contributed by atoms with Gasteiger partial charge in [0.05, 0.1) is 23.3 Å². The van der Waals surface area contributed by atoms with Crippen molar-refractivity contribution in [3.63, 3.8) is 0 Å². The van der Waals surface area contributed by atoms with E-state index in [4.69, 9.17) is 0 Å². The molecule has 1 fully saturated rings. The van der Waals surface area contributed by atoms with Crippen molar-refractivity contribution in [2.24, 2.45) is 5.92 Å². The van der Waals surface area contributed by atoms with E-state index in [1.54, 1.807) is 0 Å². The summed E-state index contributed by atoms with van der Waals surface area (Å²) in [6.07, 6.45) is 2.61. The van der Waals surface area contributed by atoms with Crippen molar-refractivity contribution < 1.29 is 14.0 Å². The fourth-order valence-electron chi connectivity index (χ4n) is 3.60. The van der Waals surface area contributed by atoms with E-state index in [0.29, 0.717) is 0 Å². The summed E-state index contributed by atoms with van der Waals surface area (Å²) in [4.78, 5) is 38.2. The molecule has 1 aliphatic rings. The number of carbonyl (C=O) groups excluding carboxylic acids is 2. The van der Waals surface area contributed by atoms with E-state index in [1.807, 2.05) is 24.3 Å². The minimum absolute atomic E-state index is 0.0123. The van der Waals surface area contributed by atoms with Gasteiger partial charge in [0.2, 0.25) is 5.91 Å². The van der Waals surface area contributed by atoms with E-state index < -0.39 is 5.82 Å². The second-order valence-corrected chi connectivity index (χ2v) is 7.58. The highest BCUT2D eigenvalue weighted by atomic mass is 19.1. The van der Waals surface area contributed by atoms with Crippen LogP contribution >= 0.6 is 0 Å². The lowest BCUT2D eigenvalue weighted by Crippen LogP contribution is -2.51. The van der Waals surface area contributed by atoms with Gasteiger partial charge in [0, 0.05) is 51.0 Å². The Labute approximate surface area is 173 Å². The quantitative estimate of drug-likeness (QED) is 0.566. The Morgan fingerprint density at radius 1 is 1.17 bits per heavy atom. The van der Waals surface area contributed by atoms with Gasteiger partial charge < -0.3 is 15.2 Å². The molecular weight excluding hydrogens is 385 g/mol. The summed E-state index contributed by atoms with van der Waals surface area (Å²) in [5.41, 5.74) is 2.19. The number of amides is 1. The first-order valence-electron chi connectivity index (χ1n) is 10.1. The zero-order valence-electron chi connectivity index (χ0n) is 16.6. The van der Waals surface area contributed by atoms with Gasteiger partial charge in [-0.25, -0.2) is 9.37 Å². The summed E-state index contributed by atoms with van der Waals surface area (Å²) in [6, 6.07) is 10.7. The van der Waals surface area contributed by atoms with Crippen LogP contribution < -0.4 is 5.32 Å². The molecule has 0 bridgehead atoms. The van der Waals surface area contributed by atoms with Crippen molar-refractivity contribution in [1.82, 2.24) is 25.2 Å². The molecule has 1 amide bonds. The number of benzene rings is 1. The Balaban J connectivity index is 1.13. The number of pyridine rings is 1. The molecule has 7 nitrogen and oxygen atoms in total. The highest BCUT2D eigenvalue weighted by Gasteiger charge is 2.31. The number of ketones is 1. The van der Waals surface area contributed by atoms with Crippen LogP contribution in [0.3, 0.4) is 0 Å². The Kier molecular flexibility index (Phi) is 6.13. The molecule has 156 valence electrons. The molecule has 4 rings (SSSR count). The molecular formula is C22H24FN5O2. The fraction of sp³-hybridized carbons (Fsp3) is 0.364. The SMILES string of the molecule is O=C(CCC(=O)C1CN(CCc2nc3ccccc3[nH]2)C1)NCc1ncccc1F. The number of rotatable bonds is 9. The zero-order valence-corrected chi connectivity index (χ0v) is 16.6. The van der Waals surface area contributed by atoms with Crippen molar-refractivity contribution in [3.05, 3.63) is 59.9 Å². The summed E-state index contributed by atoms with van der Waals surface area (Å²) in [5, 5.41) is 2.61. The summed E-state index contributed by atoms with van der Waals surface area (Å²) in [5.74, 6) is 0.323. The predicted molar refractivity (Wildman–Crippen MR) is 110 cm³/mol. The normalized spacial score (nSPS) is 14.6. The fourth-order valence-corrected chi connectivity index (χ4v) is 3.60. The van der Waals surface area contributed by atoms with Crippen LogP contribution in [-0.4, -0.2) is 51.2 Å². The highest BCUT2D eigenvalue weighted by Crippen LogP contribution is 2.19. The first-order chi connectivity index (χ1) is 14.6. The molecule has 0 spiro atoms. The first kappa shape index (κ1) is 20.2. The number of halogens is 1. The minimum Gasteiger partial charge on any atom is -0.350 e. The Morgan fingerprint density at radius 3 is 2.80 bits per heavy atom. The standard InChI is InChI=1S/C22H24FN5O2/c23-16-4-3-10-24-19(16)12-25-22(30)8-7-20(29)15-13-28(14-15)11-9-21-26-17-5-1-2-6-18(17)27-21/h1-6,10,15H,7-9,11-14H2,(H,25,30)(H,26,27). The summed E-state index contributed by atoms with van der Waals surface area (Å²) < 4.78 is 13.5. The number of Topliss-reactive ketones (excluding diaryl/α,β-unsaturated/α-hetero) is 1. The van der Waals surface area contributed by atoms with E-state index in [0.717, 1.165) is 42.9 Å². The molecule has 0 atom stereocenters. The first-order valence-corrected chi connectivity index (χ1v) is 10.1. The third-order valence-electron chi connectivity index (χ3n) is 5.40. The number of aromatic nitrogens is 3. The largest absolute Gasteiger partial charge is 0.350 e. The van der Waals surface area contributed by atoms with E-state index >= 15 is 0 Å². The Bertz CT molecular complexity index is 1010. The van der Waals surface area contributed by atoms with Gasteiger partial charge in [0.25, 0.3) is 0 Å². The average Bonchev–Trinajstić information content (AvgIpc) is 3.13. The molecule has 3 aromatic rings. The van der Waals surface area contributed by atoms with Crippen molar-refractivity contribution in [2.75, 3.05) is 19.6 Å². The van der Waals surface area contributed by atoms with Crippen LogP contribution in [0.25, 0.3) is 11.0 Å². The molecule has 0 aliphatic carbocycles. The molecule has 0 saturated carbocycles. The molecule has 3 heterocycles. The van der Waals surface area contributed by atoms with Gasteiger partial charge in [-0.1, -0.05) is 12.1 Å². The topological polar surface area (TPSA) is 91.0 Å². The van der Waals surface area contributed by atoms with Gasteiger partial charge in [-0.3, -0.25) is 14.6 Å². The number of para-hydroxylation sites is 2. The van der Waals surface area contributed by atoms with E-state index in [1.165, 1.54) is 18.3 Å². The van der Waals surface area contributed by atoms with E-state index in [2.05, 4.69) is 25.2 Å². The number of nitrogens with zero attached hydrogens (tertiary/aromatic N) is 3. The number of carbonyl (C=O) groups is 2. The van der Waals surface area contributed by atoms with Gasteiger partial charge in [0.15, 0.2) is 0 Å². The molecule has 1 aromatic carbocycles. The summed E-state index contributed by atoms with van der Waals surface area (Å²) in [6.45, 7) is 2.32. The van der Waals surface area contributed by atoms with Crippen LogP contribution in [0.4, 0.5) is 4.39 Å².